The van der Waals surface area contributed by atoms with Crippen molar-refractivity contribution in [1.82, 2.24) is 10.2 Å². The second kappa shape index (κ2) is 6.41. The zero-order valence-corrected chi connectivity index (χ0v) is 11.6. The third-order valence-corrected chi connectivity index (χ3v) is 3.58. The van der Waals surface area contributed by atoms with Crippen LogP contribution in [0.5, 0.6) is 0 Å². The van der Waals surface area contributed by atoms with E-state index >= 15 is 0 Å². The number of amides is 2. The maximum atomic E-state index is 12.0. The summed E-state index contributed by atoms with van der Waals surface area (Å²) in [7, 11) is 0. The fraction of sp³-hybridized carbons (Fsp3) is 0.467. The molecule has 0 aromatic heterocycles. The number of nitrogens with zero attached hydrogens (tertiary/aromatic N) is 1. The van der Waals surface area contributed by atoms with Gasteiger partial charge in [-0.05, 0) is 25.3 Å². The molecule has 1 aromatic rings. The van der Waals surface area contributed by atoms with Gasteiger partial charge in [-0.3, -0.25) is 4.79 Å². The predicted molar refractivity (Wildman–Crippen MR) is 75.3 cm³/mol. The zero-order chi connectivity index (χ0) is 14.5. The van der Waals surface area contributed by atoms with Crippen LogP contribution in [0.1, 0.15) is 24.0 Å². The van der Waals surface area contributed by atoms with E-state index in [1.54, 1.807) is 4.90 Å². The highest BCUT2D eigenvalue weighted by atomic mass is 16.4. The summed E-state index contributed by atoms with van der Waals surface area (Å²) in [6, 6.07) is 7.77. The number of carboxylic acid groups (broad SMARTS) is 1. The third kappa shape index (κ3) is 3.73. The van der Waals surface area contributed by atoms with Gasteiger partial charge in [0.15, 0.2) is 0 Å². The van der Waals surface area contributed by atoms with Crippen molar-refractivity contribution < 1.29 is 14.7 Å². The smallest absolute Gasteiger partial charge is 0.317 e. The normalized spacial score (nSPS) is 18.6. The lowest BCUT2D eigenvalue weighted by Crippen LogP contribution is -2.46. The molecule has 20 heavy (non-hydrogen) atoms. The van der Waals surface area contributed by atoms with Crippen LogP contribution >= 0.6 is 0 Å². The van der Waals surface area contributed by atoms with Crippen molar-refractivity contribution in [3.05, 3.63) is 35.4 Å². The van der Waals surface area contributed by atoms with E-state index in [-0.39, 0.29) is 6.03 Å². The van der Waals surface area contributed by atoms with Crippen molar-refractivity contribution in [3.8, 4) is 0 Å². The first-order valence-corrected chi connectivity index (χ1v) is 6.87. The Kier molecular flexibility index (Phi) is 4.61. The number of carbonyl (C=O) groups excluding carboxylic acids is 1. The number of likely N-dealkylation sites (tertiary alicyclic amines) is 1. The summed E-state index contributed by atoms with van der Waals surface area (Å²) in [6.07, 6.45) is 1.39. The Morgan fingerprint density at radius 1 is 1.45 bits per heavy atom. The van der Waals surface area contributed by atoms with Gasteiger partial charge in [-0.2, -0.15) is 0 Å². The molecule has 0 radical (unpaired) electrons. The summed E-state index contributed by atoms with van der Waals surface area (Å²) in [5.41, 5.74) is 2.20. The highest BCUT2D eigenvalue weighted by molar-refractivity contribution is 5.76. The molecule has 2 amide bonds. The van der Waals surface area contributed by atoms with Crippen LogP contribution in [-0.2, 0) is 11.3 Å². The first kappa shape index (κ1) is 14.4. The Hall–Kier alpha value is -2.04. The van der Waals surface area contributed by atoms with Gasteiger partial charge in [0.1, 0.15) is 0 Å². The number of rotatable bonds is 3. The first-order chi connectivity index (χ1) is 9.56. The molecular weight excluding hydrogens is 256 g/mol. The number of urea groups is 1. The summed E-state index contributed by atoms with van der Waals surface area (Å²) in [4.78, 5) is 24.6. The minimum atomic E-state index is -0.818. The lowest BCUT2D eigenvalue weighted by Gasteiger charge is -2.30. The highest BCUT2D eigenvalue weighted by Crippen LogP contribution is 2.16. The second-order valence-corrected chi connectivity index (χ2v) is 5.27. The molecule has 5 heteroatoms. The Labute approximate surface area is 118 Å². The van der Waals surface area contributed by atoms with Gasteiger partial charge in [-0.25, -0.2) is 4.79 Å². The van der Waals surface area contributed by atoms with E-state index in [2.05, 4.69) is 5.32 Å². The van der Waals surface area contributed by atoms with Gasteiger partial charge in [0.2, 0.25) is 0 Å². The van der Waals surface area contributed by atoms with Crippen molar-refractivity contribution in [2.75, 3.05) is 13.1 Å². The number of piperidine rings is 1. The molecule has 1 fully saturated rings. The molecule has 0 saturated carbocycles. The average Bonchev–Trinajstić information content (AvgIpc) is 2.45. The van der Waals surface area contributed by atoms with Crippen LogP contribution in [0.4, 0.5) is 4.79 Å². The van der Waals surface area contributed by atoms with Crippen LogP contribution in [0.25, 0.3) is 0 Å². The summed E-state index contributed by atoms with van der Waals surface area (Å²) in [6.45, 7) is 3.40. The van der Waals surface area contributed by atoms with Crippen LogP contribution in [0.2, 0.25) is 0 Å². The van der Waals surface area contributed by atoms with Crippen molar-refractivity contribution in [2.45, 2.75) is 26.3 Å². The molecule has 1 aromatic carbocycles. The van der Waals surface area contributed by atoms with E-state index in [0.29, 0.717) is 26.1 Å². The summed E-state index contributed by atoms with van der Waals surface area (Å²) >= 11 is 0. The Bertz CT molecular complexity index is 502. The first-order valence-electron chi connectivity index (χ1n) is 6.87. The monoisotopic (exact) mass is 276 g/mol. The zero-order valence-electron chi connectivity index (χ0n) is 11.6. The van der Waals surface area contributed by atoms with Gasteiger partial charge in [0.05, 0.1) is 5.92 Å². The topological polar surface area (TPSA) is 69.6 Å². The molecule has 1 heterocycles. The van der Waals surface area contributed by atoms with E-state index in [0.717, 1.165) is 17.5 Å². The third-order valence-electron chi connectivity index (χ3n) is 3.58. The summed E-state index contributed by atoms with van der Waals surface area (Å²) in [5, 5.41) is 11.9. The lowest BCUT2D eigenvalue weighted by atomic mass is 9.99. The fourth-order valence-electron chi connectivity index (χ4n) is 2.47. The molecule has 1 atom stereocenters. The van der Waals surface area contributed by atoms with Crippen molar-refractivity contribution in [2.24, 2.45) is 5.92 Å². The molecule has 0 spiro atoms. The van der Waals surface area contributed by atoms with E-state index in [1.165, 1.54) is 0 Å². The number of aliphatic carboxylic acids is 1. The lowest BCUT2D eigenvalue weighted by molar-refractivity contribution is -0.143. The molecule has 2 rings (SSSR count). The minimum Gasteiger partial charge on any atom is -0.481 e. The Morgan fingerprint density at radius 3 is 2.95 bits per heavy atom. The molecule has 5 nitrogen and oxygen atoms in total. The van der Waals surface area contributed by atoms with Crippen LogP contribution < -0.4 is 5.32 Å². The summed E-state index contributed by atoms with van der Waals surface area (Å²) in [5.74, 6) is -1.25. The molecule has 0 bridgehead atoms. The Balaban J connectivity index is 1.87. The van der Waals surface area contributed by atoms with Crippen LogP contribution in [0, 0.1) is 12.8 Å². The maximum absolute atomic E-state index is 12.0. The molecule has 1 saturated heterocycles. The number of benzene rings is 1. The standard InChI is InChI=1S/C15H20N2O3/c1-11-4-2-5-12(8-11)9-16-15(20)17-7-3-6-13(10-17)14(18)19/h2,4-5,8,13H,3,6-7,9-10H2,1H3,(H,16,20)(H,18,19)/t13-/m1/s1. The van der Waals surface area contributed by atoms with Crippen molar-refractivity contribution in [1.29, 1.82) is 0 Å². The number of aryl methyl sites for hydroxylation is 1. The SMILES string of the molecule is Cc1cccc(CNC(=O)N2CCC[C@@H](C(=O)O)C2)c1. The van der Waals surface area contributed by atoms with Crippen LogP contribution in [0.3, 0.4) is 0 Å². The summed E-state index contributed by atoms with van der Waals surface area (Å²) < 4.78 is 0. The number of carboxylic acids is 1. The van der Waals surface area contributed by atoms with Crippen molar-refractivity contribution in [3.63, 3.8) is 0 Å². The van der Waals surface area contributed by atoms with Gasteiger partial charge >= 0.3 is 12.0 Å². The number of hydrogen-bond donors (Lipinski definition) is 2. The van der Waals surface area contributed by atoms with E-state index in [1.807, 2.05) is 31.2 Å². The molecule has 0 aliphatic carbocycles. The van der Waals surface area contributed by atoms with Gasteiger partial charge < -0.3 is 15.3 Å². The van der Waals surface area contributed by atoms with Crippen molar-refractivity contribution >= 4 is 12.0 Å². The molecule has 1 aliphatic heterocycles. The number of hydrogen-bond acceptors (Lipinski definition) is 2. The Morgan fingerprint density at radius 2 is 2.25 bits per heavy atom. The highest BCUT2D eigenvalue weighted by Gasteiger charge is 2.27. The maximum Gasteiger partial charge on any atom is 0.317 e. The van der Waals surface area contributed by atoms with Gasteiger partial charge in [-0.1, -0.05) is 29.8 Å². The van der Waals surface area contributed by atoms with Crippen LogP contribution in [-0.4, -0.2) is 35.1 Å². The number of carbonyl (C=O) groups is 2. The van der Waals surface area contributed by atoms with Gasteiger partial charge in [0.25, 0.3) is 0 Å². The molecule has 0 unspecified atom stereocenters. The average molecular weight is 276 g/mol. The fourth-order valence-corrected chi connectivity index (χ4v) is 2.47. The molecule has 2 N–H and O–H groups in total. The quantitative estimate of drug-likeness (QED) is 0.887. The minimum absolute atomic E-state index is 0.183. The van der Waals surface area contributed by atoms with Crippen LogP contribution in [0.15, 0.2) is 24.3 Å². The van der Waals surface area contributed by atoms with E-state index in [4.69, 9.17) is 5.11 Å². The second-order valence-electron chi connectivity index (χ2n) is 5.27. The molecule has 1 aliphatic rings. The molecule has 108 valence electrons. The van der Waals surface area contributed by atoms with E-state index in [9.17, 15) is 9.59 Å². The van der Waals surface area contributed by atoms with Gasteiger partial charge in [-0.15, -0.1) is 0 Å². The molecular formula is C15H20N2O3. The van der Waals surface area contributed by atoms with E-state index < -0.39 is 11.9 Å². The largest absolute Gasteiger partial charge is 0.481 e. The predicted octanol–water partition coefficient (Wildman–Crippen LogP) is 2.00. The van der Waals surface area contributed by atoms with Gasteiger partial charge in [0, 0.05) is 19.6 Å². The number of nitrogens with one attached hydrogen (secondary N) is 1.